The molecular formula is C25H33N5O2. The Balaban J connectivity index is 1.59. The predicted octanol–water partition coefficient (Wildman–Crippen LogP) is 3.75. The molecule has 0 spiro atoms. The number of aliphatic imine (C=N–C) groups is 1. The first kappa shape index (κ1) is 22.3. The van der Waals surface area contributed by atoms with E-state index in [9.17, 15) is 9.90 Å². The minimum absolute atomic E-state index is 0.0451. The van der Waals surface area contributed by atoms with Crippen molar-refractivity contribution < 1.29 is 9.90 Å². The number of guanidine groups is 1. The number of hydrogen-bond acceptors (Lipinski definition) is 6. The maximum atomic E-state index is 13.2. The van der Waals surface area contributed by atoms with Crippen LogP contribution in [0.2, 0.25) is 0 Å². The van der Waals surface area contributed by atoms with Crippen molar-refractivity contribution in [2.75, 3.05) is 5.32 Å². The van der Waals surface area contributed by atoms with Crippen LogP contribution in [0.3, 0.4) is 0 Å². The van der Waals surface area contributed by atoms with Crippen LogP contribution < -0.4 is 11.1 Å². The van der Waals surface area contributed by atoms with Gasteiger partial charge in [-0.3, -0.25) is 14.7 Å². The summed E-state index contributed by atoms with van der Waals surface area (Å²) in [6, 6.07) is 9.84. The molecule has 7 heteroatoms. The van der Waals surface area contributed by atoms with Gasteiger partial charge in [0.2, 0.25) is 5.91 Å². The van der Waals surface area contributed by atoms with Crippen molar-refractivity contribution in [3.8, 4) is 0 Å². The van der Waals surface area contributed by atoms with E-state index in [0.717, 1.165) is 28.2 Å². The second-order valence-corrected chi connectivity index (χ2v) is 9.80. The zero-order valence-corrected chi connectivity index (χ0v) is 19.5. The Hall–Kier alpha value is -2.93. The van der Waals surface area contributed by atoms with Crippen molar-refractivity contribution in [1.82, 2.24) is 9.88 Å². The molecule has 1 fully saturated rings. The van der Waals surface area contributed by atoms with Gasteiger partial charge in [0.1, 0.15) is 0 Å². The van der Waals surface area contributed by atoms with Gasteiger partial charge in [-0.05, 0) is 68.9 Å². The highest BCUT2D eigenvalue weighted by atomic mass is 16.3. The number of aliphatic hydroxyl groups is 1. The molecule has 2 aliphatic rings. The zero-order chi connectivity index (χ0) is 23.3. The van der Waals surface area contributed by atoms with E-state index in [-0.39, 0.29) is 30.2 Å². The second-order valence-electron chi connectivity index (χ2n) is 9.80. The Labute approximate surface area is 189 Å². The van der Waals surface area contributed by atoms with Gasteiger partial charge in [0.15, 0.2) is 5.96 Å². The molecule has 1 atom stereocenters. The lowest BCUT2D eigenvalue weighted by molar-refractivity contribution is -0.145. The van der Waals surface area contributed by atoms with Crippen LogP contribution in [0, 0.1) is 19.8 Å². The van der Waals surface area contributed by atoms with Crippen molar-refractivity contribution >= 4 is 23.2 Å². The molecule has 1 aromatic carbocycles. The fourth-order valence-corrected chi connectivity index (χ4v) is 4.86. The SMILES string of the molecule is Cc1ccc(Nc2cccc([C@]3(C)CC(=O)N(C4CC(O)(C(C)C)C4)C(N)=N3)c2C)cn1. The number of nitrogens with zero attached hydrogens (tertiary/aromatic N) is 3. The molecule has 0 saturated heterocycles. The number of nitrogens with two attached hydrogens (primary N) is 1. The Morgan fingerprint density at radius 2 is 1.94 bits per heavy atom. The Morgan fingerprint density at radius 3 is 2.53 bits per heavy atom. The molecule has 7 nitrogen and oxygen atoms in total. The molecule has 1 saturated carbocycles. The number of pyridine rings is 1. The number of anilines is 2. The zero-order valence-electron chi connectivity index (χ0n) is 19.5. The Kier molecular flexibility index (Phi) is 5.49. The molecule has 0 unspecified atom stereocenters. The van der Waals surface area contributed by atoms with Gasteiger partial charge < -0.3 is 16.2 Å². The lowest BCUT2D eigenvalue weighted by Crippen LogP contribution is -2.63. The third kappa shape index (κ3) is 3.86. The summed E-state index contributed by atoms with van der Waals surface area (Å²) >= 11 is 0. The Morgan fingerprint density at radius 1 is 1.22 bits per heavy atom. The summed E-state index contributed by atoms with van der Waals surface area (Å²) < 4.78 is 0. The maximum absolute atomic E-state index is 13.2. The van der Waals surface area contributed by atoms with Crippen molar-refractivity contribution in [2.24, 2.45) is 16.6 Å². The van der Waals surface area contributed by atoms with Gasteiger partial charge >= 0.3 is 0 Å². The van der Waals surface area contributed by atoms with E-state index in [0.29, 0.717) is 12.8 Å². The number of carbonyl (C=O) groups is 1. The minimum atomic E-state index is -0.747. The second kappa shape index (κ2) is 7.89. The molecule has 170 valence electrons. The summed E-state index contributed by atoms with van der Waals surface area (Å²) in [6.45, 7) is 9.94. The number of nitrogens with one attached hydrogen (secondary N) is 1. The minimum Gasteiger partial charge on any atom is -0.389 e. The van der Waals surface area contributed by atoms with E-state index in [2.05, 4.69) is 10.3 Å². The fourth-order valence-electron chi connectivity index (χ4n) is 4.86. The summed E-state index contributed by atoms with van der Waals surface area (Å²) in [5.74, 6) is 0.333. The van der Waals surface area contributed by atoms with Crippen molar-refractivity contribution in [2.45, 2.75) is 71.1 Å². The molecule has 4 rings (SSSR count). The highest BCUT2D eigenvalue weighted by Gasteiger charge is 2.51. The molecule has 0 radical (unpaired) electrons. The van der Waals surface area contributed by atoms with Crippen LogP contribution >= 0.6 is 0 Å². The lowest BCUT2D eigenvalue weighted by Gasteiger charge is -2.51. The first-order valence-electron chi connectivity index (χ1n) is 11.2. The third-order valence-electron chi connectivity index (χ3n) is 7.09. The van der Waals surface area contributed by atoms with Gasteiger partial charge in [0, 0.05) is 17.4 Å². The van der Waals surface area contributed by atoms with E-state index in [1.807, 2.05) is 65.0 Å². The quantitative estimate of drug-likeness (QED) is 0.663. The van der Waals surface area contributed by atoms with E-state index >= 15 is 0 Å². The fraction of sp³-hybridized carbons (Fsp3) is 0.480. The van der Waals surface area contributed by atoms with Gasteiger partial charge in [0.05, 0.1) is 29.4 Å². The first-order valence-corrected chi connectivity index (χ1v) is 11.2. The van der Waals surface area contributed by atoms with Crippen LogP contribution in [0.4, 0.5) is 11.4 Å². The molecule has 1 amide bonds. The van der Waals surface area contributed by atoms with Crippen LogP contribution in [-0.2, 0) is 10.3 Å². The number of aromatic nitrogens is 1. The summed E-state index contributed by atoms with van der Waals surface area (Å²) in [5.41, 5.74) is 9.64. The summed E-state index contributed by atoms with van der Waals surface area (Å²) in [6.07, 6.45) is 3.11. The molecule has 32 heavy (non-hydrogen) atoms. The standard InChI is InChI=1S/C25H33N5O2/c1-15(2)25(32)11-19(12-25)30-22(31)13-24(5,29-23(30)26)20-7-6-8-21(17(20)4)28-18-10-9-16(3)27-14-18/h6-10,14-15,19,28,32H,11-13H2,1-5H3,(H2,26,29)/t19?,24-,25?/m0/s1. The predicted molar refractivity (Wildman–Crippen MR) is 127 cm³/mol. The normalized spacial score (nSPS) is 27.8. The highest BCUT2D eigenvalue weighted by Crippen LogP contribution is 2.44. The average molecular weight is 436 g/mol. The van der Waals surface area contributed by atoms with Crippen molar-refractivity contribution in [1.29, 1.82) is 0 Å². The third-order valence-corrected chi connectivity index (χ3v) is 7.09. The largest absolute Gasteiger partial charge is 0.389 e. The summed E-state index contributed by atoms with van der Waals surface area (Å²) in [7, 11) is 0. The van der Waals surface area contributed by atoms with E-state index < -0.39 is 11.1 Å². The molecule has 0 bridgehead atoms. The number of carbonyl (C=O) groups excluding carboxylic acids is 1. The highest BCUT2D eigenvalue weighted by molar-refractivity contribution is 5.99. The topological polar surface area (TPSA) is 104 Å². The number of hydrogen-bond donors (Lipinski definition) is 3. The van der Waals surface area contributed by atoms with Crippen LogP contribution in [0.1, 0.15) is 56.9 Å². The molecule has 4 N–H and O–H groups in total. The smallest absolute Gasteiger partial charge is 0.232 e. The molecule has 1 aliphatic heterocycles. The molecule has 1 aliphatic carbocycles. The van der Waals surface area contributed by atoms with E-state index in [1.54, 1.807) is 11.1 Å². The number of aryl methyl sites for hydroxylation is 1. The van der Waals surface area contributed by atoms with E-state index in [1.165, 1.54) is 0 Å². The van der Waals surface area contributed by atoms with Gasteiger partial charge in [-0.1, -0.05) is 26.0 Å². The number of amides is 1. The van der Waals surface area contributed by atoms with Crippen molar-refractivity contribution in [3.05, 3.63) is 53.3 Å². The lowest BCUT2D eigenvalue weighted by atomic mass is 9.68. The molecule has 1 aromatic heterocycles. The van der Waals surface area contributed by atoms with Gasteiger partial charge in [-0.15, -0.1) is 0 Å². The average Bonchev–Trinajstić information content (AvgIpc) is 2.68. The molecular weight excluding hydrogens is 402 g/mol. The Bertz CT molecular complexity index is 1060. The monoisotopic (exact) mass is 435 g/mol. The van der Waals surface area contributed by atoms with Gasteiger partial charge in [-0.25, -0.2) is 4.99 Å². The number of rotatable bonds is 5. The molecule has 2 heterocycles. The van der Waals surface area contributed by atoms with Crippen LogP contribution in [0.15, 0.2) is 41.5 Å². The molecule has 2 aromatic rings. The maximum Gasteiger partial charge on any atom is 0.232 e. The van der Waals surface area contributed by atoms with Gasteiger partial charge in [-0.2, -0.15) is 0 Å². The summed E-state index contributed by atoms with van der Waals surface area (Å²) in [4.78, 5) is 23.9. The van der Waals surface area contributed by atoms with Crippen LogP contribution in [0.5, 0.6) is 0 Å². The van der Waals surface area contributed by atoms with Gasteiger partial charge in [0.25, 0.3) is 0 Å². The van der Waals surface area contributed by atoms with E-state index in [4.69, 9.17) is 10.7 Å². The van der Waals surface area contributed by atoms with Crippen LogP contribution in [0.25, 0.3) is 0 Å². The van der Waals surface area contributed by atoms with Crippen LogP contribution in [-0.4, -0.2) is 38.5 Å². The first-order chi connectivity index (χ1) is 15.0. The summed E-state index contributed by atoms with van der Waals surface area (Å²) in [5, 5.41) is 14.0. The van der Waals surface area contributed by atoms with Crippen molar-refractivity contribution in [3.63, 3.8) is 0 Å². The number of benzene rings is 1.